The van der Waals surface area contributed by atoms with Crippen molar-refractivity contribution < 1.29 is 28.6 Å². The van der Waals surface area contributed by atoms with Gasteiger partial charge in [-0.3, -0.25) is 0 Å². The third-order valence-corrected chi connectivity index (χ3v) is 4.77. The second kappa shape index (κ2) is 11.0. The van der Waals surface area contributed by atoms with Gasteiger partial charge in [0.25, 0.3) is 0 Å². The summed E-state index contributed by atoms with van der Waals surface area (Å²) < 4.78 is 15.9. The van der Waals surface area contributed by atoms with Crippen LogP contribution in [0.3, 0.4) is 0 Å². The van der Waals surface area contributed by atoms with Gasteiger partial charge in [-0.1, -0.05) is 60.7 Å². The maximum Gasteiger partial charge on any atom is 0.430 e. The third kappa shape index (κ3) is 5.97. The minimum Gasteiger partial charge on any atom is -0.464 e. The fourth-order valence-corrected chi connectivity index (χ4v) is 3.27. The van der Waals surface area contributed by atoms with Gasteiger partial charge in [0, 0.05) is 6.54 Å². The van der Waals surface area contributed by atoms with Crippen LogP contribution in [0, 0.1) is 0 Å². The summed E-state index contributed by atoms with van der Waals surface area (Å²) in [6.45, 7) is 2.14. The summed E-state index contributed by atoms with van der Waals surface area (Å²) in [7, 11) is 0. The molecule has 8 nitrogen and oxygen atoms in total. The Hall–Kier alpha value is -3.55. The first-order valence-electron chi connectivity index (χ1n) is 10.2. The molecule has 1 atom stereocenters. The van der Waals surface area contributed by atoms with E-state index in [-0.39, 0.29) is 26.4 Å². The van der Waals surface area contributed by atoms with Crippen LogP contribution in [0.4, 0.5) is 9.59 Å². The number of carbonyl (C=O) groups is 3. The molecule has 0 aliphatic carbocycles. The molecule has 0 radical (unpaired) electrons. The Kier molecular flexibility index (Phi) is 7.86. The molecule has 0 spiro atoms. The van der Waals surface area contributed by atoms with E-state index in [0.29, 0.717) is 12.8 Å². The molecule has 2 aromatic carbocycles. The lowest BCUT2D eigenvalue weighted by atomic mass is 10.1. The second-order valence-electron chi connectivity index (χ2n) is 6.96. The molecule has 31 heavy (non-hydrogen) atoms. The van der Waals surface area contributed by atoms with Crippen molar-refractivity contribution in [1.82, 2.24) is 10.0 Å². The number of amides is 2. The molecule has 3 rings (SSSR count). The van der Waals surface area contributed by atoms with Gasteiger partial charge in [0.05, 0.1) is 6.61 Å². The average Bonchev–Trinajstić information content (AvgIpc) is 2.82. The summed E-state index contributed by atoms with van der Waals surface area (Å²) >= 11 is 0. The van der Waals surface area contributed by atoms with Crippen molar-refractivity contribution in [2.45, 2.75) is 39.0 Å². The highest BCUT2D eigenvalue weighted by Gasteiger charge is 2.42. The zero-order valence-electron chi connectivity index (χ0n) is 17.4. The molecule has 2 amide bonds. The average molecular weight is 426 g/mol. The number of esters is 1. The van der Waals surface area contributed by atoms with Crippen LogP contribution < -0.4 is 0 Å². The lowest BCUT2D eigenvalue weighted by Crippen LogP contribution is -2.60. The van der Waals surface area contributed by atoms with E-state index < -0.39 is 24.2 Å². The maximum atomic E-state index is 12.9. The fraction of sp³-hybridized carbons (Fsp3) is 0.348. The molecule has 0 aromatic heterocycles. The number of hydrogen-bond donors (Lipinski definition) is 0. The SMILES string of the molecule is CCOC(=O)C1CCCN(C(=O)OCc2ccccc2)N1C(=O)OCc1ccccc1. The molecule has 8 heteroatoms. The number of rotatable bonds is 6. The number of ether oxygens (including phenoxy) is 3. The van der Waals surface area contributed by atoms with Gasteiger partial charge < -0.3 is 14.2 Å². The van der Waals surface area contributed by atoms with Gasteiger partial charge in [0.2, 0.25) is 0 Å². The molecule has 1 saturated heterocycles. The van der Waals surface area contributed by atoms with Crippen molar-refractivity contribution in [1.29, 1.82) is 0 Å². The Labute approximate surface area is 181 Å². The van der Waals surface area contributed by atoms with E-state index in [0.717, 1.165) is 21.1 Å². The van der Waals surface area contributed by atoms with Gasteiger partial charge in [-0.15, -0.1) is 0 Å². The summed E-state index contributed by atoms with van der Waals surface area (Å²) in [5.41, 5.74) is 1.60. The van der Waals surface area contributed by atoms with Crippen LogP contribution in [0.15, 0.2) is 60.7 Å². The van der Waals surface area contributed by atoms with Gasteiger partial charge in [0.15, 0.2) is 6.04 Å². The molecule has 1 unspecified atom stereocenters. The highest BCUT2D eigenvalue weighted by molar-refractivity contribution is 5.83. The molecule has 1 aliphatic heterocycles. The molecule has 0 saturated carbocycles. The smallest absolute Gasteiger partial charge is 0.430 e. The predicted octanol–water partition coefficient (Wildman–Crippen LogP) is 3.90. The van der Waals surface area contributed by atoms with Crippen molar-refractivity contribution in [3.63, 3.8) is 0 Å². The van der Waals surface area contributed by atoms with Crippen LogP contribution in [0.1, 0.15) is 30.9 Å². The highest BCUT2D eigenvalue weighted by Crippen LogP contribution is 2.22. The lowest BCUT2D eigenvalue weighted by Gasteiger charge is -2.40. The summed E-state index contributed by atoms with van der Waals surface area (Å²) in [6, 6.07) is 17.4. The Morgan fingerprint density at radius 2 is 1.39 bits per heavy atom. The Morgan fingerprint density at radius 3 is 1.94 bits per heavy atom. The van der Waals surface area contributed by atoms with Crippen molar-refractivity contribution in [3.05, 3.63) is 71.8 Å². The molecular weight excluding hydrogens is 400 g/mol. The van der Waals surface area contributed by atoms with Gasteiger partial charge in [-0.05, 0) is 30.9 Å². The minimum atomic E-state index is -0.957. The highest BCUT2D eigenvalue weighted by atomic mass is 16.6. The monoisotopic (exact) mass is 426 g/mol. The molecule has 1 fully saturated rings. The summed E-state index contributed by atoms with van der Waals surface area (Å²) in [4.78, 5) is 38.2. The zero-order chi connectivity index (χ0) is 22.1. The standard InChI is InChI=1S/C23H26N2O6/c1-2-29-21(26)20-14-9-15-24(22(27)30-16-18-10-5-3-6-11-18)25(20)23(28)31-17-19-12-7-4-8-13-19/h3-8,10-13,20H,2,9,14-17H2,1H3. The van der Waals surface area contributed by atoms with Crippen LogP contribution in [0.5, 0.6) is 0 Å². The number of benzene rings is 2. The predicted molar refractivity (Wildman–Crippen MR) is 111 cm³/mol. The van der Waals surface area contributed by atoms with E-state index in [1.807, 2.05) is 60.7 Å². The lowest BCUT2D eigenvalue weighted by molar-refractivity contribution is -0.159. The van der Waals surface area contributed by atoms with Gasteiger partial charge in [-0.25, -0.2) is 19.4 Å². The van der Waals surface area contributed by atoms with Crippen LogP contribution >= 0.6 is 0 Å². The van der Waals surface area contributed by atoms with Crippen molar-refractivity contribution in [2.75, 3.05) is 13.2 Å². The first kappa shape index (κ1) is 22.1. The Bertz CT molecular complexity index is 874. The quantitative estimate of drug-likeness (QED) is 0.514. The van der Waals surface area contributed by atoms with E-state index in [2.05, 4.69) is 0 Å². The number of carbonyl (C=O) groups excluding carboxylic acids is 3. The molecular formula is C23H26N2O6. The molecule has 2 aromatic rings. The summed E-state index contributed by atoms with van der Waals surface area (Å²) in [6.07, 6.45) is -0.651. The molecule has 1 heterocycles. The van der Waals surface area contributed by atoms with Crippen molar-refractivity contribution >= 4 is 18.2 Å². The Morgan fingerprint density at radius 1 is 0.839 bits per heavy atom. The van der Waals surface area contributed by atoms with Crippen LogP contribution in [-0.4, -0.2) is 47.4 Å². The normalized spacial score (nSPS) is 15.8. The van der Waals surface area contributed by atoms with Crippen LogP contribution in [0.2, 0.25) is 0 Å². The van der Waals surface area contributed by atoms with E-state index in [1.54, 1.807) is 6.92 Å². The molecule has 1 aliphatic rings. The number of hydrogen-bond acceptors (Lipinski definition) is 6. The molecule has 0 N–H and O–H groups in total. The maximum absolute atomic E-state index is 12.9. The van der Waals surface area contributed by atoms with Gasteiger partial charge in [0.1, 0.15) is 13.2 Å². The van der Waals surface area contributed by atoms with Gasteiger partial charge >= 0.3 is 18.2 Å². The third-order valence-electron chi connectivity index (χ3n) is 4.77. The summed E-state index contributed by atoms with van der Waals surface area (Å²) in [5, 5.41) is 2.15. The van der Waals surface area contributed by atoms with Crippen LogP contribution in [0.25, 0.3) is 0 Å². The fourth-order valence-electron chi connectivity index (χ4n) is 3.27. The minimum absolute atomic E-state index is 0.0125. The van der Waals surface area contributed by atoms with E-state index in [4.69, 9.17) is 14.2 Å². The van der Waals surface area contributed by atoms with E-state index in [9.17, 15) is 14.4 Å². The number of nitrogens with zero attached hydrogens (tertiary/aromatic N) is 2. The van der Waals surface area contributed by atoms with E-state index >= 15 is 0 Å². The van der Waals surface area contributed by atoms with Crippen LogP contribution in [-0.2, 0) is 32.2 Å². The molecule has 164 valence electrons. The first-order chi connectivity index (χ1) is 15.1. The van der Waals surface area contributed by atoms with Crippen molar-refractivity contribution in [2.24, 2.45) is 0 Å². The molecule has 0 bridgehead atoms. The van der Waals surface area contributed by atoms with Crippen molar-refractivity contribution in [3.8, 4) is 0 Å². The zero-order valence-corrected chi connectivity index (χ0v) is 17.4. The van der Waals surface area contributed by atoms with E-state index in [1.165, 1.54) is 0 Å². The topological polar surface area (TPSA) is 85.4 Å². The van der Waals surface area contributed by atoms with Gasteiger partial charge in [-0.2, -0.15) is 5.01 Å². The second-order valence-corrected chi connectivity index (χ2v) is 6.96. The Balaban J connectivity index is 1.73. The largest absolute Gasteiger partial charge is 0.464 e. The first-order valence-corrected chi connectivity index (χ1v) is 10.2. The summed E-state index contributed by atoms with van der Waals surface area (Å²) in [5.74, 6) is -0.584. The number of hydrazine groups is 1.